The van der Waals surface area contributed by atoms with Crippen LogP contribution in [0, 0.1) is 10.1 Å². The summed E-state index contributed by atoms with van der Waals surface area (Å²) in [5.41, 5.74) is 1.65. The van der Waals surface area contributed by atoms with Crippen LogP contribution in [0.1, 0.15) is 11.1 Å². The first-order valence-electron chi connectivity index (χ1n) is 6.28. The number of hydrogen-bond acceptors (Lipinski definition) is 4. The van der Waals surface area contributed by atoms with E-state index in [9.17, 15) is 10.1 Å². The van der Waals surface area contributed by atoms with Crippen molar-refractivity contribution in [1.29, 1.82) is 0 Å². The highest BCUT2D eigenvalue weighted by Crippen LogP contribution is 2.28. The summed E-state index contributed by atoms with van der Waals surface area (Å²) >= 11 is 5.72. The zero-order chi connectivity index (χ0) is 15.1. The molecule has 0 saturated carbocycles. The molecule has 0 aliphatic carbocycles. The maximum absolute atomic E-state index is 10.9. The maximum Gasteiger partial charge on any atom is 0.311 e. The number of nitro benzene ring substituents is 1. The minimum atomic E-state index is -0.495. The van der Waals surface area contributed by atoms with Crippen molar-refractivity contribution in [3.63, 3.8) is 0 Å². The Labute approximate surface area is 127 Å². The molecule has 5 nitrogen and oxygen atoms in total. The van der Waals surface area contributed by atoms with Crippen molar-refractivity contribution in [1.82, 2.24) is 0 Å². The van der Waals surface area contributed by atoms with Gasteiger partial charge < -0.3 is 9.47 Å². The number of ether oxygens (including phenoxy) is 2. The van der Waals surface area contributed by atoms with E-state index in [0.29, 0.717) is 6.61 Å². The van der Waals surface area contributed by atoms with E-state index in [-0.39, 0.29) is 24.1 Å². The third-order valence-electron chi connectivity index (χ3n) is 2.78. The molecule has 2 aromatic rings. The summed E-state index contributed by atoms with van der Waals surface area (Å²) in [7, 11) is 0. The largest absolute Gasteiger partial charge is 0.460 e. The van der Waals surface area contributed by atoms with Gasteiger partial charge in [-0.05, 0) is 17.2 Å². The van der Waals surface area contributed by atoms with Crippen molar-refractivity contribution in [2.45, 2.75) is 12.5 Å². The van der Waals surface area contributed by atoms with Crippen LogP contribution in [0.3, 0.4) is 0 Å². The van der Waals surface area contributed by atoms with Gasteiger partial charge in [-0.1, -0.05) is 36.4 Å². The van der Waals surface area contributed by atoms with Crippen LogP contribution in [0.5, 0.6) is 5.75 Å². The molecule has 0 fully saturated rings. The molecule has 0 heterocycles. The van der Waals surface area contributed by atoms with E-state index >= 15 is 0 Å². The number of halogens is 1. The van der Waals surface area contributed by atoms with Crippen molar-refractivity contribution in [2.24, 2.45) is 0 Å². The highest BCUT2D eigenvalue weighted by atomic mass is 35.5. The zero-order valence-corrected chi connectivity index (χ0v) is 12.0. The molecular formula is C15H14ClNO4. The Hall–Kier alpha value is -2.11. The number of hydrogen-bond donors (Lipinski definition) is 0. The number of benzene rings is 2. The lowest BCUT2D eigenvalue weighted by Gasteiger charge is -2.08. The number of rotatable bonds is 7. The molecule has 0 bridgehead atoms. The molecule has 2 rings (SSSR count). The maximum atomic E-state index is 10.9. The van der Waals surface area contributed by atoms with E-state index in [1.165, 1.54) is 6.07 Å². The lowest BCUT2D eigenvalue weighted by molar-refractivity contribution is -0.386. The second kappa shape index (κ2) is 7.61. The SMILES string of the molecule is O=[N+]([O-])c1ccc(CCl)cc1OCOCc1ccccc1. The molecule has 2 aromatic carbocycles. The summed E-state index contributed by atoms with van der Waals surface area (Å²) < 4.78 is 10.7. The van der Waals surface area contributed by atoms with E-state index < -0.39 is 4.92 Å². The van der Waals surface area contributed by atoms with Crippen molar-refractivity contribution in [3.8, 4) is 5.75 Å². The van der Waals surface area contributed by atoms with Gasteiger partial charge in [0.2, 0.25) is 0 Å². The quantitative estimate of drug-likeness (QED) is 0.256. The van der Waals surface area contributed by atoms with Crippen LogP contribution in [-0.2, 0) is 17.2 Å². The molecule has 0 atom stereocenters. The third-order valence-corrected chi connectivity index (χ3v) is 3.09. The Morgan fingerprint density at radius 3 is 2.52 bits per heavy atom. The highest BCUT2D eigenvalue weighted by Gasteiger charge is 2.15. The fraction of sp³-hybridized carbons (Fsp3) is 0.200. The van der Waals surface area contributed by atoms with Crippen LogP contribution in [0.15, 0.2) is 48.5 Å². The number of nitrogens with zero attached hydrogens (tertiary/aromatic N) is 1. The van der Waals surface area contributed by atoms with Gasteiger partial charge >= 0.3 is 5.69 Å². The zero-order valence-electron chi connectivity index (χ0n) is 11.2. The molecular weight excluding hydrogens is 294 g/mol. The lowest BCUT2D eigenvalue weighted by atomic mass is 10.2. The third kappa shape index (κ3) is 4.44. The Balaban J connectivity index is 1.94. The van der Waals surface area contributed by atoms with Gasteiger partial charge in [-0.2, -0.15) is 0 Å². The summed E-state index contributed by atoms with van der Waals surface area (Å²) in [6.45, 7) is 0.311. The topological polar surface area (TPSA) is 61.6 Å². The van der Waals surface area contributed by atoms with Crippen LogP contribution >= 0.6 is 11.6 Å². The molecule has 0 unspecified atom stereocenters. The predicted octanol–water partition coefficient (Wildman–Crippen LogP) is 3.89. The van der Waals surface area contributed by atoms with Gasteiger partial charge in [-0.15, -0.1) is 11.6 Å². The summed E-state index contributed by atoms with van der Waals surface area (Å²) in [5, 5.41) is 10.9. The van der Waals surface area contributed by atoms with Crippen LogP contribution in [0.2, 0.25) is 0 Å². The Morgan fingerprint density at radius 2 is 1.86 bits per heavy atom. The van der Waals surface area contributed by atoms with E-state index in [4.69, 9.17) is 21.1 Å². The van der Waals surface area contributed by atoms with Crippen LogP contribution < -0.4 is 4.74 Å². The average Bonchev–Trinajstić information content (AvgIpc) is 2.52. The smallest absolute Gasteiger partial charge is 0.311 e. The van der Waals surface area contributed by atoms with E-state index in [0.717, 1.165) is 11.1 Å². The fourth-order valence-electron chi connectivity index (χ4n) is 1.75. The van der Waals surface area contributed by atoms with Crippen molar-refractivity contribution in [3.05, 3.63) is 69.8 Å². The van der Waals surface area contributed by atoms with E-state index in [2.05, 4.69) is 0 Å². The van der Waals surface area contributed by atoms with E-state index in [1.807, 2.05) is 30.3 Å². The van der Waals surface area contributed by atoms with Gasteiger partial charge in [0.1, 0.15) is 0 Å². The average molecular weight is 308 g/mol. The number of alkyl halides is 1. The second-order valence-corrected chi connectivity index (χ2v) is 4.56. The summed E-state index contributed by atoms with van der Waals surface area (Å²) in [4.78, 5) is 10.4. The first-order chi connectivity index (χ1) is 10.2. The summed E-state index contributed by atoms with van der Waals surface area (Å²) in [6, 6.07) is 14.1. The van der Waals surface area contributed by atoms with Gasteiger partial charge in [-0.25, -0.2) is 0 Å². The van der Waals surface area contributed by atoms with Crippen molar-refractivity contribution in [2.75, 3.05) is 6.79 Å². The minimum Gasteiger partial charge on any atom is -0.460 e. The second-order valence-electron chi connectivity index (χ2n) is 4.29. The van der Waals surface area contributed by atoms with Crippen LogP contribution in [0.25, 0.3) is 0 Å². The standard InChI is InChI=1S/C15H14ClNO4/c16-9-13-6-7-14(17(18)19)15(8-13)21-11-20-10-12-4-2-1-3-5-12/h1-8H,9-11H2. The lowest BCUT2D eigenvalue weighted by Crippen LogP contribution is -2.05. The van der Waals surface area contributed by atoms with Crippen LogP contribution in [0.4, 0.5) is 5.69 Å². The normalized spacial score (nSPS) is 10.3. The van der Waals surface area contributed by atoms with Gasteiger partial charge in [0.25, 0.3) is 0 Å². The van der Waals surface area contributed by atoms with Gasteiger partial charge in [-0.3, -0.25) is 10.1 Å². The molecule has 0 spiro atoms. The predicted molar refractivity (Wildman–Crippen MR) is 79.4 cm³/mol. The monoisotopic (exact) mass is 307 g/mol. The molecule has 6 heteroatoms. The summed E-state index contributed by atoms with van der Waals surface area (Å²) in [6.07, 6.45) is 0. The highest BCUT2D eigenvalue weighted by molar-refractivity contribution is 6.17. The van der Waals surface area contributed by atoms with Gasteiger partial charge in [0, 0.05) is 11.9 Å². The fourth-order valence-corrected chi connectivity index (χ4v) is 1.91. The van der Waals surface area contributed by atoms with Crippen molar-refractivity contribution >= 4 is 17.3 Å². The van der Waals surface area contributed by atoms with Gasteiger partial charge in [0.05, 0.1) is 11.5 Å². The van der Waals surface area contributed by atoms with Crippen LogP contribution in [-0.4, -0.2) is 11.7 Å². The van der Waals surface area contributed by atoms with Crippen molar-refractivity contribution < 1.29 is 14.4 Å². The summed E-state index contributed by atoms with van der Waals surface area (Å²) in [5.74, 6) is 0.422. The molecule has 110 valence electrons. The first-order valence-corrected chi connectivity index (χ1v) is 6.82. The van der Waals surface area contributed by atoms with Gasteiger partial charge in [0.15, 0.2) is 12.5 Å². The molecule has 0 radical (unpaired) electrons. The molecule has 0 aromatic heterocycles. The molecule has 21 heavy (non-hydrogen) atoms. The molecule has 0 N–H and O–H groups in total. The molecule has 0 aliphatic rings. The molecule has 0 saturated heterocycles. The van der Waals surface area contributed by atoms with E-state index in [1.54, 1.807) is 12.1 Å². The number of nitro groups is 1. The first kappa shape index (κ1) is 15.3. The molecule has 0 amide bonds. The Kier molecular flexibility index (Phi) is 5.54. The molecule has 0 aliphatic heterocycles. The minimum absolute atomic E-state index is 0.0680. The Bertz CT molecular complexity index is 604. The Morgan fingerprint density at radius 1 is 1.10 bits per heavy atom.